The third-order valence-corrected chi connectivity index (χ3v) is 5.15. The summed E-state index contributed by atoms with van der Waals surface area (Å²) in [5.41, 5.74) is 2.62. The number of thiazole rings is 1. The van der Waals surface area contributed by atoms with Crippen molar-refractivity contribution in [3.05, 3.63) is 77.2 Å². The summed E-state index contributed by atoms with van der Waals surface area (Å²) in [6, 6.07) is 15.0. The monoisotopic (exact) mass is 409 g/mol. The Morgan fingerprint density at radius 2 is 1.96 bits per heavy atom. The minimum Gasteiger partial charge on any atom is -0.441 e. The Kier molecular flexibility index (Phi) is 5.50. The van der Waals surface area contributed by atoms with E-state index < -0.39 is 0 Å². The molecule has 2 aromatic carbocycles. The molecule has 0 spiro atoms. The van der Waals surface area contributed by atoms with E-state index in [9.17, 15) is 4.79 Å². The van der Waals surface area contributed by atoms with Crippen molar-refractivity contribution in [2.75, 3.05) is 5.32 Å². The number of oxazole rings is 1. The Balaban J connectivity index is 1.35. The van der Waals surface area contributed by atoms with Crippen LogP contribution in [0, 0.1) is 0 Å². The third-order valence-electron chi connectivity index (χ3n) is 4.07. The summed E-state index contributed by atoms with van der Waals surface area (Å²) in [7, 11) is 0. The van der Waals surface area contributed by atoms with Gasteiger partial charge in [0, 0.05) is 46.3 Å². The van der Waals surface area contributed by atoms with E-state index in [0.29, 0.717) is 23.1 Å². The lowest BCUT2D eigenvalue weighted by Gasteiger charge is -2.06. The lowest BCUT2D eigenvalue weighted by molar-refractivity contribution is -0.116. The number of hydrogen-bond acceptors (Lipinski definition) is 5. The van der Waals surface area contributed by atoms with Crippen LogP contribution in [0.25, 0.3) is 21.9 Å². The van der Waals surface area contributed by atoms with Gasteiger partial charge in [-0.25, -0.2) is 9.97 Å². The molecule has 0 radical (unpaired) electrons. The highest BCUT2D eigenvalue weighted by molar-refractivity contribution is 7.13. The molecule has 1 N–H and O–H groups in total. The van der Waals surface area contributed by atoms with Crippen LogP contribution in [0.4, 0.5) is 5.69 Å². The maximum atomic E-state index is 12.3. The van der Waals surface area contributed by atoms with Crippen LogP contribution in [-0.2, 0) is 11.2 Å². The first-order valence-corrected chi connectivity index (χ1v) is 9.93. The number of aromatic nitrogens is 2. The molecule has 0 saturated heterocycles. The van der Waals surface area contributed by atoms with Crippen molar-refractivity contribution >= 4 is 34.5 Å². The van der Waals surface area contributed by atoms with Crippen LogP contribution in [0.15, 0.2) is 70.7 Å². The van der Waals surface area contributed by atoms with Crippen molar-refractivity contribution in [1.82, 2.24) is 9.97 Å². The maximum Gasteiger partial charge on any atom is 0.224 e. The van der Waals surface area contributed by atoms with Gasteiger partial charge in [-0.3, -0.25) is 4.79 Å². The quantitative estimate of drug-likeness (QED) is 0.444. The van der Waals surface area contributed by atoms with Gasteiger partial charge in [-0.1, -0.05) is 23.7 Å². The van der Waals surface area contributed by atoms with Crippen molar-refractivity contribution in [2.24, 2.45) is 0 Å². The zero-order valence-corrected chi connectivity index (χ0v) is 16.3. The van der Waals surface area contributed by atoms with E-state index in [-0.39, 0.29) is 12.3 Å². The van der Waals surface area contributed by atoms with Gasteiger partial charge in [0.1, 0.15) is 5.01 Å². The van der Waals surface area contributed by atoms with E-state index in [2.05, 4.69) is 15.3 Å². The molecule has 0 aliphatic heterocycles. The fraction of sp³-hybridized carbons (Fsp3) is 0.0952. The molecule has 2 heterocycles. The van der Waals surface area contributed by atoms with Crippen LogP contribution in [-0.4, -0.2) is 15.9 Å². The number of nitrogens with one attached hydrogen (secondary N) is 1. The summed E-state index contributed by atoms with van der Waals surface area (Å²) in [6.07, 6.45) is 4.13. The normalized spacial score (nSPS) is 10.8. The Hall–Kier alpha value is -2.96. The molecular formula is C21H16ClN3O2S. The molecule has 4 aromatic rings. The van der Waals surface area contributed by atoms with Gasteiger partial charge >= 0.3 is 0 Å². The molecule has 1 amide bonds. The van der Waals surface area contributed by atoms with Crippen LogP contribution in [0.2, 0.25) is 5.02 Å². The summed E-state index contributed by atoms with van der Waals surface area (Å²) in [4.78, 5) is 20.8. The Labute approximate surface area is 171 Å². The topological polar surface area (TPSA) is 68.0 Å². The van der Waals surface area contributed by atoms with E-state index >= 15 is 0 Å². The van der Waals surface area contributed by atoms with E-state index in [1.807, 2.05) is 41.8 Å². The van der Waals surface area contributed by atoms with Crippen LogP contribution >= 0.6 is 22.9 Å². The first-order valence-electron chi connectivity index (χ1n) is 8.68. The van der Waals surface area contributed by atoms with E-state index in [1.165, 1.54) is 0 Å². The summed E-state index contributed by atoms with van der Waals surface area (Å²) in [5.74, 6) is 1.09. The zero-order chi connectivity index (χ0) is 19.3. The first-order chi connectivity index (χ1) is 13.7. The first kappa shape index (κ1) is 18.4. The standard InChI is InChI=1S/C21H16ClN3O2S/c22-16-6-4-14(5-7-16)18-13-24-20(27-18)9-8-19(26)25-17-3-1-2-15(12-17)21-23-10-11-28-21/h1-7,10-13H,8-9H2,(H,25,26). The molecule has 0 unspecified atom stereocenters. The van der Waals surface area contributed by atoms with Gasteiger partial charge in [0.2, 0.25) is 5.91 Å². The predicted molar refractivity (Wildman–Crippen MR) is 111 cm³/mol. The Bertz CT molecular complexity index is 1080. The molecule has 4 rings (SSSR count). The molecule has 0 aliphatic carbocycles. The highest BCUT2D eigenvalue weighted by Crippen LogP contribution is 2.25. The van der Waals surface area contributed by atoms with Crippen molar-refractivity contribution in [3.63, 3.8) is 0 Å². The van der Waals surface area contributed by atoms with Gasteiger partial charge < -0.3 is 9.73 Å². The molecule has 7 heteroatoms. The van der Waals surface area contributed by atoms with Gasteiger partial charge in [-0.15, -0.1) is 11.3 Å². The minimum atomic E-state index is -0.0949. The van der Waals surface area contributed by atoms with Crippen molar-refractivity contribution < 1.29 is 9.21 Å². The van der Waals surface area contributed by atoms with Gasteiger partial charge in [-0.2, -0.15) is 0 Å². The molecule has 5 nitrogen and oxygen atoms in total. The second kappa shape index (κ2) is 8.37. The molecule has 0 atom stereocenters. The van der Waals surface area contributed by atoms with Crippen molar-refractivity contribution in [1.29, 1.82) is 0 Å². The van der Waals surface area contributed by atoms with Crippen molar-refractivity contribution in [3.8, 4) is 21.9 Å². The Morgan fingerprint density at radius 3 is 2.75 bits per heavy atom. The fourth-order valence-corrected chi connectivity index (χ4v) is 3.47. The molecule has 28 heavy (non-hydrogen) atoms. The number of rotatable bonds is 6. The second-order valence-electron chi connectivity index (χ2n) is 6.09. The van der Waals surface area contributed by atoms with Gasteiger partial charge in [0.25, 0.3) is 0 Å². The zero-order valence-electron chi connectivity index (χ0n) is 14.8. The fourth-order valence-electron chi connectivity index (χ4n) is 2.71. The average molecular weight is 410 g/mol. The number of carbonyl (C=O) groups is 1. The van der Waals surface area contributed by atoms with Crippen LogP contribution in [0.5, 0.6) is 0 Å². The van der Waals surface area contributed by atoms with Crippen LogP contribution in [0.3, 0.4) is 0 Å². The number of anilines is 1. The number of amides is 1. The van der Waals surface area contributed by atoms with E-state index in [0.717, 1.165) is 21.8 Å². The lowest BCUT2D eigenvalue weighted by atomic mass is 10.2. The average Bonchev–Trinajstić information content (AvgIpc) is 3.40. The maximum absolute atomic E-state index is 12.3. The number of benzene rings is 2. The molecule has 2 aromatic heterocycles. The molecule has 0 bridgehead atoms. The van der Waals surface area contributed by atoms with E-state index in [4.69, 9.17) is 16.0 Å². The highest BCUT2D eigenvalue weighted by atomic mass is 35.5. The Morgan fingerprint density at radius 1 is 1.11 bits per heavy atom. The number of nitrogens with zero attached hydrogens (tertiary/aromatic N) is 2. The molecule has 0 aliphatic rings. The summed E-state index contributed by atoms with van der Waals surface area (Å²) in [5, 5.41) is 6.43. The summed E-state index contributed by atoms with van der Waals surface area (Å²) < 4.78 is 5.74. The highest BCUT2D eigenvalue weighted by Gasteiger charge is 2.10. The smallest absolute Gasteiger partial charge is 0.224 e. The summed E-state index contributed by atoms with van der Waals surface area (Å²) >= 11 is 7.46. The van der Waals surface area contributed by atoms with E-state index in [1.54, 1.807) is 35.9 Å². The number of carbonyl (C=O) groups excluding carboxylic acids is 1. The molecular weight excluding hydrogens is 394 g/mol. The molecule has 0 saturated carbocycles. The third kappa shape index (κ3) is 4.47. The lowest BCUT2D eigenvalue weighted by Crippen LogP contribution is -2.12. The van der Waals surface area contributed by atoms with Gasteiger partial charge in [0.15, 0.2) is 11.7 Å². The molecule has 140 valence electrons. The van der Waals surface area contributed by atoms with Gasteiger partial charge in [-0.05, 0) is 36.4 Å². The number of halogens is 1. The van der Waals surface area contributed by atoms with Crippen molar-refractivity contribution in [2.45, 2.75) is 12.8 Å². The van der Waals surface area contributed by atoms with Crippen LogP contribution in [0.1, 0.15) is 12.3 Å². The summed E-state index contributed by atoms with van der Waals surface area (Å²) in [6.45, 7) is 0. The second-order valence-corrected chi connectivity index (χ2v) is 7.42. The minimum absolute atomic E-state index is 0.0949. The van der Waals surface area contributed by atoms with Crippen LogP contribution < -0.4 is 5.32 Å². The number of aryl methyl sites for hydroxylation is 1. The number of hydrogen-bond donors (Lipinski definition) is 1. The predicted octanol–water partition coefficient (Wildman–Crippen LogP) is 5.69. The largest absolute Gasteiger partial charge is 0.441 e. The molecule has 0 fully saturated rings. The van der Waals surface area contributed by atoms with Gasteiger partial charge in [0.05, 0.1) is 6.20 Å². The SMILES string of the molecule is O=C(CCc1ncc(-c2ccc(Cl)cc2)o1)Nc1cccc(-c2nccs2)c1.